The largest absolute Gasteiger partial charge is 0.490 e. The Morgan fingerprint density at radius 3 is 2.77 bits per heavy atom. The Morgan fingerprint density at radius 1 is 1.20 bits per heavy atom. The van der Waals surface area contributed by atoms with Crippen LogP contribution >= 0.6 is 0 Å². The summed E-state index contributed by atoms with van der Waals surface area (Å²) in [5.74, 6) is 1.01. The fourth-order valence-corrected chi connectivity index (χ4v) is 3.65. The Balaban J connectivity index is 1.58. The summed E-state index contributed by atoms with van der Waals surface area (Å²) in [7, 11) is 1.95. The Hall–Kier alpha value is -3.51. The number of aryl methyl sites for hydroxylation is 1. The summed E-state index contributed by atoms with van der Waals surface area (Å²) in [6, 6.07) is 7.35. The highest BCUT2D eigenvalue weighted by Crippen LogP contribution is 2.36. The van der Waals surface area contributed by atoms with E-state index in [2.05, 4.69) is 30.8 Å². The van der Waals surface area contributed by atoms with Crippen molar-refractivity contribution in [3.63, 3.8) is 0 Å². The van der Waals surface area contributed by atoms with E-state index in [-0.39, 0.29) is 17.6 Å². The first-order valence-corrected chi connectivity index (χ1v) is 9.74. The maximum atomic E-state index is 14.9. The average molecular weight is 407 g/mol. The molecular formula is C21H22FN7O. The average Bonchev–Trinajstić information content (AvgIpc) is 3.37. The van der Waals surface area contributed by atoms with Crippen molar-refractivity contribution in [2.75, 3.05) is 12.4 Å². The van der Waals surface area contributed by atoms with Crippen molar-refractivity contribution in [2.24, 2.45) is 0 Å². The van der Waals surface area contributed by atoms with Gasteiger partial charge in [0.05, 0.1) is 23.7 Å². The molecule has 1 aromatic carbocycles. The summed E-state index contributed by atoms with van der Waals surface area (Å²) in [6.07, 6.45) is 5.69. The molecule has 0 amide bonds. The van der Waals surface area contributed by atoms with E-state index in [1.54, 1.807) is 6.07 Å². The summed E-state index contributed by atoms with van der Waals surface area (Å²) in [4.78, 5) is 8.06. The number of nitrogens with zero attached hydrogens (tertiary/aromatic N) is 4. The molecular weight excluding hydrogens is 385 g/mol. The van der Waals surface area contributed by atoms with Gasteiger partial charge in [-0.05, 0) is 50.9 Å². The molecule has 0 unspecified atom stereocenters. The van der Waals surface area contributed by atoms with Gasteiger partial charge in [-0.2, -0.15) is 10.4 Å². The minimum Gasteiger partial charge on any atom is -0.490 e. The number of H-pyrrole nitrogens is 1. The Kier molecular flexibility index (Phi) is 5.59. The summed E-state index contributed by atoms with van der Waals surface area (Å²) in [6.45, 7) is 1.84. The molecule has 30 heavy (non-hydrogen) atoms. The number of anilines is 2. The quantitative estimate of drug-likeness (QED) is 0.574. The molecule has 9 heteroatoms. The predicted octanol–water partition coefficient (Wildman–Crippen LogP) is 3.45. The molecule has 0 aliphatic heterocycles. The van der Waals surface area contributed by atoms with Crippen LogP contribution in [0.3, 0.4) is 0 Å². The van der Waals surface area contributed by atoms with Crippen molar-refractivity contribution in [3.8, 4) is 23.1 Å². The van der Waals surface area contributed by atoms with E-state index in [9.17, 15) is 4.39 Å². The Bertz CT molecular complexity index is 1070. The van der Waals surface area contributed by atoms with Crippen LogP contribution in [0.15, 0.2) is 30.6 Å². The van der Waals surface area contributed by atoms with Crippen molar-refractivity contribution < 1.29 is 9.13 Å². The number of benzene rings is 1. The minimum atomic E-state index is -0.374. The molecule has 2 atom stereocenters. The van der Waals surface area contributed by atoms with Gasteiger partial charge in [0.2, 0.25) is 0 Å². The first-order chi connectivity index (χ1) is 14.6. The number of halogens is 1. The standard InChI is InChI=1S/C21H22FN7O/c1-12-5-16(22)21(18(6-12)30-15-4-3-13(7-15)24-2)17-8-19(29-28-17)27-20-11-25-14(9-23)10-26-20/h5-6,8,10-11,13,15,24H,3-4,7H2,1-2H3,(H2,26,27,28,29)/t13-,15-/m1/s1. The van der Waals surface area contributed by atoms with E-state index in [1.165, 1.54) is 18.5 Å². The van der Waals surface area contributed by atoms with Crippen LogP contribution in [0.5, 0.6) is 5.75 Å². The number of hydrogen-bond donors (Lipinski definition) is 3. The van der Waals surface area contributed by atoms with E-state index >= 15 is 0 Å². The molecule has 0 spiro atoms. The van der Waals surface area contributed by atoms with Gasteiger partial charge in [-0.15, -0.1) is 0 Å². The zero-order valence-corrected chi connectivity index (χ0v) is 16.7. The number of hydrogen-bond acceptors (Lipinski definition) is 7. The van der Waals surface area contributed by atoms with Gasteiger partial charge in [0, 0.05) is 12.1 Å². The second-order valence-corrected chi connectivity index (χ2v) is 7.35. The smallest absolute Gasteiger partial charge is 0.158 e. The van der Waals surface area contributed by atoms with Crippen LogP contribution in [0.2, 0.25) is 0 Å². The van der Waals surface area contributed by atoms with Crippen molar-refractivity contribution in [3.05, 3.63) is 47.7 Å². The van der Waals surface area contributed by atoms with Crippen LogP contribution in [0.1, 0.15) is 30.5 Å². The van der Waals surface area contributed by atoms with Crippen molar-refractivity contribution in [1.29, 1.82) is 5.26 Å². The van der Waals surface area contributed by atoms with Crippen molar-refractivity contribution in [2.45, 2.75) is 38.3 Å². The van der Waals surface area contributed by atoms with Gasteiger partial charge in [0.25, 0.3) is 0 Å². The highest BCUT2D eigenvalue weighted by atomic mass is 19.1. The number of nitrogens with one attached hydrogen (secondary N) is 3. The van der Waals surface area contributed by atoms with Crippen LogP contribution in [0, 0.1) is 24.1 Å². The monoisotopic (exact) mass is 407 g/mol. The third-order valence-corrected chi connectivity index (χ3v) is 5.15. The molecule has 8 nitrogen and oxygen atoms in total. The predicted molar refractivity (Wildman–Crippen MR) is 110 cm³/mol. The number of rotatable bonds is 6. The molecule has 1 aliphatic rings. The fraction of sp³-hybridized carbons (Fsp3) is 0.333. The second kappa shape index (κ2) is 8.47. The van der Waals surface area contributed by atoms with Gasteiger partial charge in [0.1, 0.15) is 29.6 Å². The lowest BCUT2D eigenvalue weighted by Crippen LogP contribution is -2.23. The lowest BCUT2D eigenvalue weighted by Gasteiger charge is -2.18. The minimum absolute atomic E-state index is 0.0387. The molecule has 0 radical (unpaired) electrons. The number of aromatic nitrogens is 4. The molecule has 2 heterocycles. The SMILES string of the molecule is CN[C@@H]1CC[C@@H](Oc2cc(C)cc(F)c2-c2cc(Nc3cnc(C#N)cn3)n[nH]2)C1. The molecule has 1 saturated carbocycles. The second-order valence-electron chi connectivity index (χ2n) is 7.35. The maximum absolute atomic E-state index is 14.9. The molecule has 3 aromatic rings. The maximum Gasteiger partial charge on any atom is 0.158 e. The Morgan fingerprint density at radius 2 is 2.07 bits per heavy atom. The zero-order chi connectivity index (χ0) is 21.1. The summed E-state index contributed by atoms with van der Waals surface area (Å²) < 4.78 is 21.1. The topological polar surface area (TPSA) is 112 Å². The van der Waals surface area contributed by atoms with Crippen LogP contribution in [0.4, 0.5) is 16.0 Å². The summed E-state index contributed by atoms with van der Waals surface area (Å²) in [5.41, 5.74) is 1.86. The van der Waals surface area contributed by atoms with Gasteiger partial charge in [0.15, 0.2) is 11.5 Å². The molecule has 1 aliphatic carbocycles. The van der Waals surface area contributed by atoms with E-state index in [4.69, 9.17) is 10.00 Å². The van der Waals surface area contributed by atoms with Crippen LogP contribution < -0.4 is 15.4 Å². The third-order valence-electron chi connectivity index (χ3n) is 5.15. The molecule has 4 rings (SSSR count). The molecule has 0 saturated heterocycles. The highest BCUT2D eigenvalue weighted by Gasteiger charge is 2.27. The first-order valence-electron chi connectivity index (χ1n) is 9.74. The number of nitriles is 1. The lowest BCUT2D eigenvalue weighted by atomic mass is 10.1. The fourth-order valence-electron chi connectivity index (χ4n) is 3.65. The van der Waals surface area contributed by atoms with Crippen molar-refractivity contribution >= 4 is 11.6 Å². The lowest BCUT2D eigenvalue weighted by molar-refractivity contribution is 0.207. The van der Waals surface area contributed by atoms with Crippen LogP contribution in [-0.2, 0) is 0 Å². The molecule has 1 fully saturated rings. The van der Waals surface area contributed by atoms with E-state index in [0.29, 0.717) is 34.7 Å². The van der Waals surface area contributed by atoms with Gasteiger partial charge >= 0.3 is 0 Å². The summed E-state index contributed by atoms with van der Waals surface area (Å²) in [5, 5.41) is 22.1. The van der Waals surface area contributed by atoms with E-state index in [1.807, 2.05) is 26.1 Å². The highest BCUT2D eigenvalue weighted by molar-refractivity contribution is 5.71. The van der Waals surface area contributed by atoms with Crippen molar-refractivity contribution in [1.82, 2.24) is 25.5 Å². The van der Waals surface area contributed by atoms with Gasteiger partial charge in [-0.1, -0.05) is 0 Å². The van der Waals surface area contributed by atoms with E-state index in [0.717, 1.165) is 24.8 Å². The Labute approximate surface area is 173 Å². The zero-order valence-electron chi connectivity index (χ0n) is 16.7. The third kappa shape index (κ3) is 4.23. The molecule has 2 aromatic heterocycles. The van der Waals surface area contributed by atoms with Crippen LogP contribution in [0.25, 0.3) is 11.3 Å². The van der Waals surface area contributed by atoms with Crippen LogP contribution in [-0.4, -0.2) is 39.4 Å². The molecule has 154 valence electrons. The number of ether oxygens (including phenoxy) is 1. The normalized spacial score (nSPS) is 18.2. The van der Waals surface area contributed by atoms with E-state index < -0.39 is 0 Å². The molecule has 0 bridgehead atoms. The first kappa shape index (κ1) is 19.8. The summed E-state index contributed by atoms with van der Waals surface area (Å²) >= 11 is 0. The number of aromatic amines is 1. The molecule has 3 N–H and O–H groups in total. The van der Waals surface area contributed by atoms with Gasteiger partial charge in [-0.25, -0.2) is 14.4 Å². The van der Waals surface area contributed by atoms with Gasteiger partial charge in [-0.3, -0.25) is 5.10 Å². The van der Waals surface area contributed by atoms with Gasteiger partial charge < -0.3 is 15.4 Å².